The van der Waals surface area contributed by atoms with Crippen LogP contribution < -0.4 is 21.4 Å². The van der Waals surface area contributed by atoms with Gasteiger partial charge in [-0.15, -0.1) is 0 Å². The largest absolute Gasteiger partial charge is 0.435 e. The Labute approximate surface area is 189 Å². The van der Waals surface area contributed by atoms with Crippen LogP contribution in [0.15, 0.2) is 32.5 Å². The number of rotatable bonds is 5. The van der Waals surface area contributed by atoms with Crippen LogP contribution in [0.1, 0.15) is 18.1 Å². The zero-order valence-electron chi connectivity index (χ0n) is 16.6. The minimum atomic E-state index is -0.818. The molecule has 32 heavy (non-hydrogen) atoms. The zero-order chi connectivity index (χ0) is 23.6. The first-order chi connectivity index (χ1) is 15.2. The number of amides is 1. The van der Waals surface area contributed by atoms with Crippen molar-refractivity contribution in [3.63, 3.8) is 0 Å². The molecule has 0 bridgehead atoms. The minimum absolute atomic E-state index is 0.0411. The van der Waals surface area contributed by atoms with E-state index < -0.39 is 22.6 Å². The molecule has 2 aromatic heterocycles. The summed E-state index contributed by atoms with van der Waals surface area (Å²) in [5, 5.41) is 23.3. The lowest BCUT2D eigenvalue weighted by Gasteiger charge is -2.14. The predicted octanol–water partition coefficient (Wildman–Crippen LogP) is 2.09. The molecule has 3 rings (SSSR count). The van der Waals surface area contributed by atoms with Gasteiger partial charge in [0.2, 0.25) is 5.91 Å². The molecule has 4 N–H and O–H groups in total. The Morgan fingerprint density at radius 3 is 2.66 bits per heavy atom. The minimum Gasteiger partial charge on any atom is -0.383 e. The molecule has 0 aliphatic heterocycles. The van der Waals surface area contributed by atoms with Crippen molar-refractivity contribution in [3.8, 4) is 23.4 Å². The lowest BCUT2D eigenvalue weighted by Crippen LogP contribution is -2.34. The molecule has 0 saturated heterocycles. The fourth-order valence-corrected chi connectivity index (χ4v) is 3.87. The first kappa shape index (κ1) is 22.8. The quantitative estimate of drug-likeness (QED) is 0.373. The number of pyridine rings is 1. The average molecular weight is 475 g/mol. The monoisotopic (exact) mass is 474 g/mol. The van der Waals surface area contributed by atoms with Crippen molar-refractivity contribution in [1.29, 1.82) is 10.5 Å². The van der Waals surface area contributed by atoms with E-state index in [1.54, 1.807) is 6.92 Å². The molecule has 0 saturated carbocycles. The number of anilines is 2. The number of aromatic amines is 1. The third-order valence-electron chi connectivity index (χ3n) is 4.30. The number of aryl methyl sites for hydroxylation is 1. The van der Waals surface area contributed by atoms with Gasteiger partial charge in [-0.25, -0.2) is 14.2 Å². The summed E-state index contributed by atoms with van der Waals surface area (Å²) in [5.74, 6) is -1.33. The normalized spacial score (nSPS) is 11.4. The van der Waals surface area contributed by atoms with E-state index in [-0.39, 0.29) is 43.9 Å². The first-order valence-electron chi connectivity index (χ1n) is 8.82. The van der Waals surface area contributed by atoms with Crippen molar-refractivity contribution >= 4 is 40.8 Å². The maximum absolute atomic E-state index is 13.3. The van der Waals surface area contributed by atoms with Crippen LogP contribution in [0.2, 0.25) is 5.02 Å². The van der Waals surface area contributed by atoms with Gasteiger partial charge in [0.25, 0.3) is 0 Å². The molecule has 1 unspecified atom stereocenters. The van der Waals surface area contributed by atoms with Gasteiger partial charge < -0.3 is 11.1 Å². The second-order valence-corrected chi connectivity index (χ2v) is 8.15. The lowest BCUT2D eigenvalue weighted by atomic mass is 10.0. The van der Waals surface area contributed by atoms with Crippen LogP contribution in [-0.2, 0) is 11.8 Å². The van der Waals surface area contributed by atoms with E-state index in [9.17, 15) is 24.5 Å². The van der Waals surface area contributed by atoms with Crippen LogP contribution in [0.25, 0.3) is 11.3 Å². The molecule has 3 aromatic rings. The van der Waals surface area contributed by atoms with Crippen LogP contribution in [0.5, 0.6) is 0 Å². The van der Waals surface area contributed by atoms with E-state index in [1.165, 1.54) is 23.9 Å². The number of nitrogen functional groups attached to an aromatic ring is 1. The molecule has 13 heteroatoms. The van der Waals surface area contributed by atoms with Crippen molar-refractivity contribution in [2.75, 3.05) is 11.1 Å². The van der Waals surface area contributed by atoms with Gasteiger partial charge in [-0.3, -0.25) is 9.32 Å². The maximum Gasteiger partial charge on any atom is 0.435 e. The third-order valence-corrected chi connectivity index (χ3v) is 5.68. The highest BCUT2D eigenvalue weighted by molar-refractivity contribution is 8.00. The average Bonchev–Trinajstić information content (AvgIpc) is 3.08. The molecular formula is C19H14ClFN7O3S+. The van der Waals surface area contributed by atoms with Crippen LogP contribution >= 0.6 is 23.4 Å². The van der Waals surface area contributed by atoms with Crippen LogP contribution in [0.3, 0.4) is 0 Å². The van der Waals surface area contributed by atoms with Crippen molar-refractivity contribution in [3.05, 3.63) is 50.6 Å². The fraction of sp³-hybridized carbons (Fsp3) is 0.158. The molecular weight excluding hydrogens is 461 g/mol. The number of nitrogens with zero attached hydrogens (tertiary/aromatic N) is 4. The highest BCUT2D eigenvalue weighted by atomic mass is 35.5. The molecule has 0 aliphatic rings. The number of nitrogens with two attached hydrogens (primary N) is 1. The van der Waals surface area contributed by atoms with Crippen LogP contribution in [-0.4, -0.2) is 21.4 Å². The van der Waals surface area contributed by atoms with Gasteiger partial charge in [0.1, 0.15) is 39.9 Å². The number of hydrogen-bond donors (Lipinski definition) is 3. The lowest BCUT2D eigenvalue weighted by molar-refractivity contribution is -0.730. The number of thioether (sulfide) groups is 1. The number of hydrogen-bond acceptors (Lipinski definition) is 8. The number of benzene rings is 1. The van der Waals surface area contributed by atoms with Gasteiger partial charge in [-0.05, 0) is 30.4 Å². The highest BCUT2D eigenvalue weighted by Gasteiger charge is 2.32. The van der Waals surface area contributed by atoms with E-state index in [0.717, 1.165) is 17.8 Å². The second-order valence-electron chi connectivity index (χ2n) is 6.42. The predicted molar refractivity (Wildman–Crippen MR) is 113 cm³/mol. The fourth-order valence-electron chi connectivity index (χ4n) is 2.77. The molecule has 10 nitrogen and oxygen atoms in total. The molecule has 162 valence electrons. The van der Waals surface area contributed by atoms with E-state index in [0.29, 0.717) is 0 Å². The first-order valence-corrected chi connectivity index (χ1v) is 10.1. The Balaban J connectivity index is 2.00. The van der Waals surface area contributed by atoms with E-state index in [2.05, 4.69) is 15.6 Å². The Hall–Kier alpha value is -3.87. The Kier molecular flexibility index (Phi) is 6.48. The summed E-state index contributed by atoms with van der Waals surface area (Å²) in [6, 6.07) is 7.49. The molecule has 0 radical (unpaired) electrons. The van der Waals surface area contributed by atoms with E-state index in [4.69, 9.17) is 21.9 Å². The van der Waals surface area contributed by atoms with Gasteiger partial charge in [-0.2, -0.15) is 10.5 Å². The molecule has 2 heterocycles. The van der Waals surface area contributed by atoms with Crippen molar-refractivity contribution in [1.82, 2.24) is 10.3 Å². The van der Waals surface area contributed by atoms with Crippen molar-refractivity contribution in [2.24, 2.45) is 7.05 Å². The number of H-pyrrole nitrogens is 1. The van der Waals surface area contributed by atoms with E-state index >= 15 is 0 Å². The molecule has 0 aliphatic carbocycles. The summed E-state index contributed by atoms with van der Waals surface area (Å²) in [5.41, 5.74) is 4.92. The summed E-state index contributed by atoms with van der Waals surface area (Å²) in [4.78, 5) is 28.9. The van der Waals surface area contributed by atoms with Crippen molar-refractivity contribution < 1.29 is 18.4 Å². The molecule has 1 amide bonds. The summed E-state index contributed by atoms with van der Waals surface area (Å²) >= 11 is 6.62. The Bertz CT molecular complexity index is 1370. The smallest absolute Gasteiger partial charge is 0.383 e. The van der Waals surface area contributed by atoms with Crippen LogP contribution in [0.4, 0.5) is 15.9 Å². The summed E-state index contributed by atoms with van der Waals surface area (Å²) in [7, 11) is 1.45. The maximum atomic E-state index is 13.3. The number of carbonyl (C=O) groups is 1. The number of halogens is 2. The van der Waals surface area contributed by atoms with Crippen molar-refractivity contribution in [2.45, 2.75) is 17.2 Å². The standard InChI is InChI=1S/C19H13ClFN7O3S/c1-8(17(29)25-9-3-4-13(21)12(20)5-9)32-18-11(7-23)14(10(6-22)16(24)26-18)15-19(30)31-27-28(15)2/h3-5,8H,1-2H3,(H3-,24,25,26,27,29,30)/p+1. The molecule has 1 aromatic carbocycles. The zero-order valence-corrected chi connectivity index (χ0v) is 18.1. The second kappa shape index (κ2) is 9.09. The molecule has 0 fully saturated rings. The summed E-state index contributed by atoms with van der Waals surface area (Å²) < 4.78 is 19.2. The SMILES string of the molecule is CC(Sc1nc(N)c(C#N)c(-c2c(=O)o[nH][n+]2C)c1C#N)C(=O)Nc1ccc(F)c(Cl)c1. The Morgan fingerprint density at radius 1 is 1.41 bits per heavy atom. The molecule has 0 spiro atoms. The number of nitriles is 2. The van der Waals surface area contributed by atoms with Gasteiger partial charge in [-0.1, -0.05) is 28.0 Å². The van der Waals surface area contributed by atoms with Crippen LogP contribution in [0, 0.1) is 28.5 Å². The van der Waals surface area contributed by atoms with Gasteiger partial charge in [0.05, 0.1) is 15.8 Å². The molecule has 1 atom stereocenters. The van der Waals surface area contributed by atoms with Gasteiger partial charge in [0, 0.05) is 5.69 Å². The number of aromatic nitrogens is 3. The topological polar surface area (TPSA) is 165 Å². The summed E-state index contributed by atoms with van der Waals surface area (Å²) in [6.45, 7) is 1.55. The van der Waals surface area contributed by atoms with E-state index in [1.807, 2.05) is 12.1 Å². The summed E-state index contributed by atoms with van der Waals surface area (Å²) in [6.07, 6.45) is 0. The highest BCUT2D eigenvalue weighted by Crippen LogP contribution is 2.35. The van der Waals surface area contributed by atoms with Gasteiger partial charge in [0.15, 0.2) is 7.05 Å². The third kappa shape index (κ3) is 4.27. The van der Waals surface area contributed by atoms with Gasteiger partial charge >= 0.3 is 11.3 Å². The number of carbonyl (C=O) groups excluding carboxylic acids is 1. The number of nitrogens with one attached hydrogen (secondary N) is 2. The Morgan fingerprint density at radius 2 is 2.09 bits per heavy atom.